The third-order valence-corrected chi connectivity index (χ3v) is 7.68. The summed E-state index contributed by atoms with van der Waals surface area (Å²) < 4.78 is 39.9. The van der Waals surface area contributed by atoms with E-state index in [1.54, 1.807) is 0 Å². The first-order valence-electron chi connectivity index (χ1n) is 10.6. The van der Waals surface area contributed by atoms with Crippen LogP contribution in [0.3, 0.4) is 0 Å². The van der Waals surface area contributed by atoms with Gasteiger partial charge >= 0.3 is 0 Å². The number of piperazine rings is 1. The van der Waals surface area contributed by atoms with Crippen molar-refractivity contribution in [3.63, 3.8) is 0 Å². The van der Waals surface area contributed by atoms with Crippen molar-refractivity contribution in [2.75, 3.05) is 39.3 Å². The fraction of sp³-hybridized carbons (Fsp3) is 0.292. The zero-order chi connectivity index (χ0) is 22.6. The second kappa shape index (κ2) is 9.77. The van der Waals surface area contributed by atoms with Crippen LogP contribution in [0.2, 0.25) is 0 Å². The topological polar surface area (TPSA) is 69.7 Å². The molecule has 168 valence electrons. The van der Waals surface area contributed by atoms with E-state index in [0.29, 0.717) is 45.7 Å². The van der Waals surface area contributed by atoms with Gasteiger partial charge in [-0.15, -0.1) is 0 Å². The molecule has 6 nitrogen and oxygen atoms in total. The van der Waals surface area contributed by atoms with E-state index in [4.69, 9.17) is 0 Å². The van der Waals surface area contributed by atoms with Gasteiger partial charge in [0.2, 0.25) is 15.9 Å². The standard InChI is InChI=1S/C24H26FN3O3S/c25-21-8-10-22(11-9-21)32(30,31)28-16-14-27(15-17-28)13-12-26-24(29)18-20-6-3-5-19-4-1-2-7-23(19)20/h1-11H,12-18H2,(H,26,29). The van der Waals surface area contributed by atoms with E-state index in [0.717, 1.165) is 28.5 Å². The molecule has 0 spiro atoms. The van der Waals surface area contributed by atoms with Crippen molar-refractivity contribution < 1.29 is 17.6 Å². The number of amides is 1. The summed E-state index contributed by atoms with van der Waals surface area (Å²) in [7, 11) is -3.62. The normalized spacial score (nSPS) is 15.7. The molecule has 3 aromatic carbocycles. The molecular weight excluding hydrogens is 429 g/mol. The number of carbonyl (C=O) groups excluding carboxylic acids is 1. The lowest BCUT2D eigenvalue weighted by atomic mass is 10.0. The average molecular weight is 456 g/mol. The fourth-order valence-electron chi connectivity index (χ4n) is 3.98. The van der Waals surface area contributed by atoms with E-state index < -0.39 is 15.8 Å². The van der Waals surface area contributed by atoms with Gasteiger partial charge < -0.3 is 5.32 Å². The van der Waals surface area contributed by atoms with Crippen LogP contribution in [-0.2, 0) is 21.2 Å². The molecule has 0 unspecified atom stereocenters. The molecule has 0 bridgehead atoms. The first kappa shape index (κ1) is 22.4. The van der Waals surface area contributed by atoms with Crippen molar-refractivity contribution in [1.82, 2.24) is 14.5 Å². The van der Waals surface area contributed by atoms with Crippen LogP contribution in [0, 0.1) is 5.82 Å². The fourth-order valence-corrected chi connectivity index (χ4v) is 5.41. The lowest BCUT2D eigenvalue weighted by Gasteiger charge is -2.33. The van der Waals surface area contributed by atoms with E-state index in [-0.39, 0.29) is 10.8 Å². The van der Waals surface area contributed by atoms with Gasteiger partial charge in [0, 0.05) is 39.3 Å². The van der Waals surface area contributed by atoms with Crippen molar-refractivity contribution in [1.29, 1.82) is 0 Å². The number of nitrogens with zero attached hydrogens (tertiary/aromatic N) is 2. The Labute approximate surface area is 187 Å². The highest BCUT2D eigenvalue weighted by molar-refractivity contribution is 7.89. The minimum atomic E-state index is -3.62. The average Bonchev–Trinajstić information content (AvgIpc) is 2.80. The number of fused-ring (bicyclic) bond motifs is 1. The maximum absolute atomic E-state index is 13.1. The van der Waals surface area contributed by atoms with Crippen molar-refractivity contribution >= 4 is 26.7 Å². The Morgan fingerprint density at radius 1 is 0.906 bits per heavy atom. The number of rotatable bonds is 7. The quantitative estimate of drug-likeness (QED) is 0.595. The van der Waals surface area contributed by atoms with Crippen molar-refractivity contribution in [3.8, 4) is 0 Å². The lowest BCUT2D eigenvalue weighted by Crippen LogP contribution is -2.50. The van der Waals surface area contributed by atoms with Crippen LogP contribution in [-0.4, -0.2) is 62.8 Å². The summed E-state index contributed by atoms with van der Waals surface area (Å²) in [5.74, 6) is -0.491. The SMILES string of the molecule is O=C(Cc1cccc2ccccc12)NCCN1CCN(S(=O)(=O)c2ccc(F)cc2)CC1. The Morgan fingerprint density at radius 3 is 2.34 bits per heavy atom. The van der Waals surface area contributed by atoms with Crippen molar-refractivity contribution in [2.24, 2.45) is 0 Å². The number of benzene rings is 3. The number of hydrogen-bond donors (Lipinski definition) is 1. The van der Waals surface area contributed by atoms with Crippen LogP contribution < -0.4 is 5.32 Å². The Hall–Kier alpha value is -2.81. The zero-order valence-corrected chi connectivity index (χ0v) is 18.5. The smallest absolute Gasteiger partial charge is 0.243 e. The van der Waals surface area contributed by atoms with Gasteiger partial charge in [-0.1, -0.05) is 42.5 Å². The largest absolute Gasteiger partial charge is 0.355 e. The minimum Gasteiger partial charge on any atom is -0.355 e. The van der Waals surface area contributed by atoms with Gasteiger partial charge in [0.1, 0.15) is 5.82 Å². The summed E-state index contributed by atoms with van der Waals surface area (Å²) in [5, 5.41) is 5.17. The Balaban J connectivity index is 1.24. The van der Waals surface area contributed by atoms with E-state index >= 15 is 0 Å². The molecule has 4 rings (SSSR count). The molecule has 1 N–H and O–H groups in total. The molecule has 1 heterocycles. The number of carbonyl (C=O) groups is 1. The van der Waals surface area contributed by atoms with E-state index in [2.05, 4.69) is 10.2 Å². The molecule has 0 aromatic heterocycles. The summed E-state index contributed by atoms with van der Waals surface area (Å²) in [6, 6.07) is 18.9. The van der Waals surface area contributed by atoms with Gasteiger partial charge in [-0.2, -0.15) is 4.31 Å². The number of hydrogen-bond acceptors (Lipinski definition) is 4. The number of sulfonamides is 1. The van der Waals surface area contributed by atoms with Gasteiger partial charge in [-0.25, -0.2) is 12.8 Å². The summed E-state index contributed by atoms with van der Waals surface area (Å²) in [6.45, 7) is 3.06. The van der Waals surface area contributed by atoms with E-state index in [9.17, 15) is 17.6 Å². The molecule has 1 amide bonds. The first-order chi connectivity index (χ1) is 15.4. The highest BCUT2D eigenvalue weighted by Crippen LogP contribution is 2.19. The summed E-state index contributed by atoms with van der Waals surface area (Å²) in [4.78, 5) is 14.7. The Morgan fingerprint density at radius 2 is 1.59 bits per heavy atom. The molecule has 1 saturated heterocycles. The Kier molecular flexibility index (Phi) is 6.83. The second-order valence-corrected chi connectivity index (χ2v) is 9.80. The van der Waals surface area contributed by atoms with Crippen LogP contribution >= 0.6 is 0 Å². The summed E-state index contributed by atoms with van der Waals surface area (Å²) >= 11 is 0. The number of halogens is 1. The highest BCUT2D eigenvalue weighted by atomic mass is 32.2. The molecule has 1 aliphatic heterocycles. The molecule has 1 aliphatic rings. The van der Waals surface area contributed by atoms with Crippen LogP contribution in [0.4, 0.5) is 4.39 Å². The molecule has 32 heavy (non-hydrogen) atoms. The lowest BCUT2D eigenvalue weighted by molar-refractivity contribution is -0.120. The van der Waals surface area contributed by atoms with Gasteiger partial charge in [0.25, 0.3) is 0 Å². The molecule has 3 aromatic rings. The molecule has 0 radical (unpaired) electrons. The molecule has 0 saturated carbocycles. The van der Waals surface area contributed by atoms with E-state index in [1.807, 2.05) is 42.5 Å². The molecule has 8 heteroatoms. The van der Waals surface area contributed by atoms with Gasteiger partial charge in [0.15, 0.2) is 0 Å². The number of nitrogens with one attached hydrogen (secondary N) is 1. The molecule has 0 aliphatic carbocycles. The third kappa shape index (κ3) is 5.15. The summed E-state index contributed by atoms with van der Waals surface area (Å²) in [5.41, 5.74) is 1.00. The molecule has 1 fully saturated rings. The third-order valence-electron chi connectivity index (χ3n) is 5.76. The van der Waals surface area contributed by atoms with Crippen LogP contribution in [0.25, 0.3) is 10.8 Å². The predicted molar refractivity (Wildman–Crippen MR) is 122 cm³/mol. The zero-order valence-electron chi connectivity index (χ0n) is 17.7. The molecular formula is C24H26FN3O3S. The highest BCUT2D eigenvalue weighted by Gasteiger charge is 2.28. The maximum atomic E-state index is 13.1. The van der Waals surface area contributed by atoms with Crippen molar-refractivity contribution in [3.05, 3.63) is 78.1 Å². The molecule has 0 atom stereocenters. The van der Waals surface area contributed by atoms with Crippen molar-refractivity contribution in [2.45, 2.75) is 11.3 Å². The predicted octanol–water partition coefficient (Wildman–Crippen LogP) is 2.64. The monoisotopic (exact) mass is 455 g/mol. The first-order valence-corrected chi connectivity index (χ1v) is 12.1. The van der Waals surface area contributed by atoms with Gasteiger partial charge in [0.05, 0.1) is 11.3 Å². The minimum absolute atomic E-state index is 0.0288. The Bertz CT molecular complexity index is 1190. The van der Waals surface area contributed by atoms with Crippen LogP contribution in [0.1, 0.15) is 5.56 Å². The van der Waals surface area contributed by atoms with Crippen LogP contribution in [0.5, 0.6) is 0 Å². The van der Waals surface area contributed by atoms with Crippen LogP contribution in [0.15, 0.2) is 71.6 Å². The van der Waals surface area contributed by atoms with Gasteiger partial charge in [-0.05, 0) is 40.6 Å². The summed E-state index contributed by atoms with van der Waals surface area (Å²) in [6.07, 6.45) is 0.324. The second-order valence-electron chi connectivity index (χ2n) is 7.86. The van der Waals surface area contributed by atoms with E-state index in [1.165, 1.54) is 16.4 Å². The maximum Gasteiger partial charge on any atom is 0.243 e. The van der Waals surface area contributed by atoms with Gasteiger partial charge in [-0.3, -0.25) is 9.69 Å².